The molecular weight excluding hydrogens is 538 g/mol. The van der Waals surface area contributed by atoms with Crippen LogP contribution in [0.2, 0.25) is 0 Å². The van der Waals surface area contributed by atoms with Gasteiger partial charge >= 0.3 is 0 Å². The monoisotopic (exact) mass is 571 g/mol. The molecule has 1 heterocycles. The van der Waals surface area contributed by atoms with Gasteiger partial charge in [0.25, 0.3) is 0 Å². The number of hydrogen-bond donors (Lipinski definition) is 1. The predicted molar refractivity (Wildman–Crippen MR) is 154 cm³/mol. The smallest absolute Gasteiger partial charge is 0.156 e. The van der Waals surface area contributed by atoms with E-state index < -0.39 is 11.0 Å². The Morgan fingerprint density at radius 3 is 2.61 bits per heavy atom. The number of fused-ring (bicyclic) bond motifs is 4. The number of allylic oxidation sites excluding steroid dienone is 1. The van der Waals surface area contributed by atoms with Gasteiger partial charge in [0.1, 0.15) is 5.60 Å². The fourth-order valence-electron chi connectivity index (χ4n) is 7.26. The highest BCUT2D eigenvalue weighted by atomic mass is 79.9. The number of halogens is 1. The van der Waals surface area contributed by atoms with E-state index in [2.05, 4.69) is 78.0 Å². The van der Waals surface area contributed by atoms with Gasteiger partial charge < -0.3 is 14.7 Å². The van der Waals surface area contributed by atoms with Gasteiger partial charge in [0.2, 0.25) is 0 Å². The van der Waals surface area contributed by atoms with Crippen LogP contribution >= 0.6 is 15.9 Å². The lowest BCUT2D eigenvalue weighted by Crippen LogP contribution is -2.53. The van der Waals surface area contributed by atoms with Gasteiger partial charge in [-0.2, -0.15) is 0 Å². The van der Waals surface area contributed by atoms with Crippen LogP contribution in [-0.2, 0) is 9.53 Å². The first-order valence-corrected chi connectivity index (χ1v) is 14.4. The van der Waals surface area contributed by atoms with E-state index in [4.69, 9.17) is 4.74 Å². The molecule has 4 nitrogen and oxygen atoms in total. The molecule has 0 radical (unpaired) electrons. The van der Waals surface area contributed by atoms with Crippen molar-refractivity contribution in [3.63, 3.8) is 0 Å². The molecule has 2 saturated carbocycles. The van der Waals surface area contributed by atoms with E-state index in [0.29, 0.717) is 19.4 Å². The zero-order chi connectivity index (χ0) is 26.7. The molecule has 5 atom stereocenters. The van der Waals surface area contributed by atoms with Gasteiger partial charge in [-0.3, -0.25) is 4.79 Å². The molecule has 6 rings (SSSR count). The third kappa shape index (κ3) is 4.09. The minimum atomic E-state index is -1.12. The van der Waals surface area contributed by atoms with Crippen molar-refractivity contribution in [1.82, 2.24) is 0 Å². The largest absolute Gasteiger partial charge is 0.378 e. The quantitative estimate of drug-likeness (QED) is 0.437. The van der Waals surface area contributed by atoms with Crippen LogP contribution in [0.3, 0.4) is 0 Å². The van der Waals surface area contributed by atoms with E-state index in [-0.39, 0.29) is 23.7 Å². The van der Waals surface area contributed by atoms with E-state index in [1.807, 2.05) is 24.3 Å². The summed E-state index contributed by atoms with van der Waals surface area (Å²) in [5.41, 5.74) is 5.42. The minimum absolute atomic E-state index is 0.0769. The van der Waals surface area contributed by atoms with Crippen LogP contribution in [0.5, 0.6) is 0 Å². The molecule has 2 aromatic carbocycles. The lowest BCUT2D eigenvalue weighted by molar-refractivity contribution is -0.115. The molecule has 38 heavy (non-hydrogen) atoms. The first-order chi connectivity index (χ1) is 18.2. The molecule has 2 fully saturated rings. The number of nitrogens with zero attached hydrogens (tertiary/aromatic N) is 1. The van der Waals surface area contributed by atoms with E-state index in [1.54, 1.807) is 6.08 Å². The number of ether oxygens (including phenoxy) is 1. The predicted octanol–water partition coefficient (Wildman–Crippen LogP) is 6.19. The van der Waals surface area contributed by atoms with E-state index in [1.165, 1.54) is 16.7 Å². The third-order valence-corrected chi connectivity index (χ3v) is 10.1. The second kappa shape index (κ2) is 9.52. The average Bonchev–Trinajstić information content (AvgIpc) is 3.17. The van der Waals surface area contributed by atoms with Gasteiger partial charge in [-0.15, -0.1) is 0 Å². The molecule has 3 aliphatic carbocycles. The molecule has 0 aromatic heterocycles. The Balaban J connectivity index is 1.47. The zero-order valence-electron chi connectivity index (χ0n) is 22.3. The Labute approximate surface area is 233 Å². The number of hydrogen-bond acceptors (Lipinski definition) is 4. The SMILES string of the molecule is CN(C)c1ccc(C2CC3(C)C(CCC3(O)C#Cc3ccccc3Br)C3OCC4=CC(=O)CCC4=C23)cc1. The maximum absolute atomic E-state index is 12.3. The summed E-state index contributed by atoms with van der Waals surface area (Å²) in [5.74, 6) is 7.10. The fourth-order valence-corrected chi connectivity index (χ4v) is 7.64. The second-order valence-electron chi connectivity index (χ2n) is 11.7. The topological polar surface area (TPSA) is 49.8 Å². The molecule has 0 spiro atoms. The van der Waals surface area contributed by atoms with Gasteiger partial charge in [-0.05, 0) is 100 Å². The van der Waals surface area contributed by atoms with Gasteiger partial charge in [0.05, 0.1) is 12.7 Å². The summed E-state index contributed by atoms with van der Waals surface area (Å²) in [5, 5.41) is 12.2. The summed E-state index contributed by atoms with van der Waals surface area (Å²) in [6.45, 7) is 2.69. The first-order valence-electron chi connectivity index (χ1n) is 13.6. The lowest BCUT2D eigenvalue weighted by Gasteiger charge is -2.53. The molecule has 4 aliphatic rings. The lowest BCUT2D eigenvalue weighted by atomic mass is 9.55. The van der Waals surface area contributed by atoms with Crippen LogP contribution in [-0.4, -0.2) is 43.3 Å². The van der Waals surface area contributed by atoms with Crippen molar-refractivity contribution in [2.24, 2.45) is 11.3 Å². The molecule has 5 heteroatoms. The highest BCUT2D eigenvalue weighted by Crippen LogP contribution is 2.64. The van der Waals surface area contributed by atoms with E-state index in [0.717, 1.165) is 40.6 Å². The highest BCUT2D eigenvalue weighted by Gasteiger charge is 2.63. The van der Waals surface area contributed by atoms with Crippen molar-refractivity contribution in [3.05, 3.63) is 86.9 Å². The van der Waals surface area contributed by atoms with Crippen molar-refractivity contribution in [2.75, 3.05) is 25.6 Å². The molecule has 0 saturated heterocycles. The molecule has 5 unspecified atom stereocenters. The number of carbonyl (C=O) groups excluding carboxylic acids is 1. The van der Waals surface area contributed by atoms with Gasteiger partial charge in [-0.25, -0.2) is 0 Å². The van der Waals surface area contributed by atoms with E-state index >= 15 is 0 Å². The highest BCUT2D eigenvalue weighted by molar-refractivity contribution is 9.10. The van der Waals surface area contributed by atoms with Crippen LogP contribution < -0.4 is 4.90 Å². The van der Waals surface area contributed by atoms with Gasteiger partial charge in [0, 0.05) is 47.6 Å². The Morgan fingerprint density at radius 2 is 1.87 bits per heavy atom. The minimum Gasteiger partial charge on any atom is -0.378 e. The summed E-state index contributed by atoms with van der Waals surface area (Å²) in [7, 11) is 4.10. The van der Waals surface area contributed by atoms with Crippen molar-refractivity contribution in [3.8, 4) is 11.8 Å². The number of rotatable bonds is 2. The van der Waals surface area contributed by atoms with Crippen LogP contribution in [0.25, 0.3) is 0 Å². The molecule has 0 amide bonds. The number of anilines is 1. The Bertz CT molecular complexity index is 1410. The maximum Gasteiger partial charge on any atom is 0.156 e. The first kappa shape index (κ1) is 25.6. The van der Waals surface area contributed by atoms with Crippen LogP contribution in [0.4, 0.5) is 5.69 Å². The fraction of sp³-hybridized carbons (Fsp3) is 0.424. The van der Waals surface area contributed by atoms with Crippen molar-refractivity contribution in [1.29, 1.82) is 0 Å². The number of aliphatic hydroxyl groups is 1. The second-order valence-corrected chi connectivity index (χ2v) is 12.6. The maximum atomic E-state index is 12.3. The van der Waals surface area contributed by atoms with Crippen LogP contribution in [0, 0.1) is 23.2 Å². The Hall–Kier alpha value is -2.65. The molecule has 1 N–H and O–H groups in total. The van der Waals surface area contributed by atoms with Crippen molar-refractivity contribution < 1.29 is 14.6 Å². The number of carbonyl (C=O) groups is 1. The molecular formula is C33H34BrNO3. The normalized spacial score (nSPS) is 32.0. The van der Waals surface area contributed by atoms with Crippen LogP contribution in [0.1, 0.15) is 56.1 Å². The van der Waals surface area contributed by atoms with Gasteiger partial charge in [-0.1, -0.05) is 43.0 Å². The number of ketones is 1. The molecule has 0 bridgehead atoms. The third-order valence-electron chi connectivity index (χ3n) is 9.46. The van der Waals surface area contributed by atoms with Crippen molar-refractivity contribution in [2.45, 2.75) is 56.7 Å². The van der Waals surface area contributed by atoms with Crippen LogP contribution in [0.15, 0.2) is 75.8 Å². The average molecular weight is 573 g/mol. The molecule has 1 aliphatic heterocycles. The zero-order valence-corrected chi connectivity index (χ0v) is 23.8. The van der Waals surface area contributed by atoms with Crippen molar-refractivity contribution >= 4 is 27.4 Å². The summed E-state index contributed by atoms with van der Waals surface area (Å²) in [6.07, 6.45) is 5.35. The van der Waals surface area contributed by atoms with E-state index in [9.17, 15) is 9.90 Å². The number of benzene rings is 2. The summed E-state index contributed by atoms with van der Waals surface area (Å²) < 4.78 is 7.55. The summed E-state index contributed by atoms with van der Waals surface area (Å²) in [4.78, 5) is 14.4. The summed E-state index contributed by atoms with van der Waals surface area (Å²) in [6, 6.07) is 16.7. The standard InChI is InChI=1S/C33H34BrNO3/c1-32-19-27(21-8-10-24(11-9-21)35(2)3)30-26-13-12-25(36)18-23(26)20-38-31(30)28(32)15-17-33(32,37)16-14-22-6-4-5-7-29(22)34/h4-11,18,27-28,31,37H,12-13,15,17,19-20H2,1-3H3. The molecule has 196 valence electrons. The Kier molecular flexibility index (Phi) is 6.42. The Morgan fingerprint density at radius 1 is 1.11 bits per heavy atom. The van der Waals surface area contributed by atoms with Gasteiger partial charge in [0.15, 0.2) is 5.78 Å². The molecule has 2 aromatic rings. The summed E-state index contributed by atoms with van der Waals surface area (Å²) >= 11 is 3.60.